The zero-order chi connectivity index (χ0) is 10.7. The predicted octanol–water partition coefficient (Wildman–Crippen LogP) is 2.28. The van der Waals surface area contributed by atoms with Gasteiger partial charge in [-0.1, -0.05) is 19.9 Å². The first-order valence-corrected chi connectivity index (χ1v) is 4.55. The van der Waals surface area contributed by atoms with Crippen LogP contribution in [0.15, 0.2) is 18.3 Å². The van der Waals surface area contributed by atoms with Crippen LogP contribution < -0.4 is 5.73 Å². The van der Waals surface area contributed by atoms with E-state index in [1.54, 1.807) is 6.20 Å². The molecule has 0 fully saturated rings. The van der Waals surface area contributed by atoms with E-state index in [1.165, 1.54) is 7.05 Å². The summed E-state index contributed by atoms with van der Waals surface area (Å²) in [6, 6.07) is 1.97. The Balaban J connectivity index is 0. The number of aromatic nitrogens is 2. The molecule has 1 aromatic rings. The number of nitrogens with two attached hydrogens (primary N) is 1. The summed E-state index contributed by atoms with van der Waals surface area (Å²) in [5.74, 6) is 0. The summed E-state index contributed by atoms with van der Waals surface area (Å²) in [5, 5.41) is 4.04. The summed E-state index contributed by atoms with van der Waals surface area (Å²) in [4.78, 5) is 0. The molecule has 0 aliphatic rings. The second-order valence-electron chi connectivity index (χ2n) is 1.90. The molecule has 0 spiro atoms. The van der Waals surface area contributed by atoms with Crippen LogP contribution in [-0.2, 0) is 0 Å². The van der Waals surface area contributed by atoms with Gasteiger partial charge in [0.1, 0.15) is 0 Å². The minimum Gasteiger partial charge on any atom is -0.333 e. The molecule has 3 heteroatoms. The van der Waals surface area contributed by atoms with E-state index in [4.69, 9.17) is 0 Å². The van der Waals surface area contributed by atoms with Crippen LogP contribution in [0, 0.1) is 6.92 Å². The molecule has 0 saturated carbocycles. The summed E-state index contributed by atoms with van der Waals surface area (Å²) in [6.45, 7) is 7.99. The Hall–Kier alpha value is -1.09. The van der Waals surface area contributed by atoms with E-state index in [1.807, 2.05) is 50.7 Å². The average Bonchev–Trinajstić information content (AvgIpc) is 2.60. The molecule has 0 amide bonds. The van der Waals surface area contributed by atoms with Crippen molar-refractivity contribution in [2.45, 2.75) is 27.7 Å². The molecule has 76 valence electrons. The van der Waals surface area contributed by atoms with Gasteiger partial charge in [-0.2, -0.15) is 5.10 Å². The molecule has 1 aromatic heterocycles. The van der Waals surface area contributed by atoms with E-state index in [0.717, 1.165) is 5.69 Å². The van der Waals surface area contributed by atoms with Crippen molar-refractivity contribution in [3.05, 3.63) is 24.0 Å². The van der Waals surface area contributed by atoms with Crippen LogP contribution in [-0.4, -0.2) is 16.8 Å². The van der Waals surface area contributed by atoms with E-state index in [-0.39, 0.29) is 0 Å². The number of hydrogen-bond donors (Lipinski definition) is 1. The first-order valence-electron chi connectivity index (χ1n) is 4.55. The molecule has 13 heavy (non-hydrogen) atoms. The lowest BCUT2D eigenvalue weighted by Crippen LogP contribution is -1.89. The lowest BCUT2D eigenvalue weighted by molar-refractivity contribution is 0.896. The van der Waals surface area contributed by atoms with Gasteiger partial charge < -0.3 is 5.73 Å². The SMILES string of the molecule is C/C=C\n1nccc1C.CC.CN. The van der Waals surface area contributed by atoms with Crippen molar-refractivity contribution in [1.29, 1.82) is 0 Å². The Morgan fingerprint density at radius 1 is 1.38 bits per heavy atom. The highest BCUT2D eigenvalue weighted by atomic mass is 15.3. The smallest absolute Gasteiger partial charge is 0.0496 e. The third kappa shape index (κ3) is 6.11. The van der Waals surface area contributed by atoms with Crippen molar-refractivity contribution < 1.29 is 0 Å². The van der Waals surface area contributed by atoms with Crippen molar-refractivity contribution in [3.63, 3.8) is 0 Å². The topological polar surface area (TPSA) is 43.8 Å². The molecule has 0 aliphatic carbocycles. The molecular weight excluding hydrogens is 162 g/mol. The summed E-state index contributed by atoms with van der Waals surface area (Å²) < 4.78 is 1.83. The van der Waals surface area contributed by atoms with E-state index < -0.39 is 0 Å². The molecule has 0 saturated heterocycles. The zero-order valence-corrected chi connectivity index (χ0v) is 9.28. The van der Waals surface area contributed by atoms with Crippen LogP contribution in [0.2, 0.25) is 0 Å². The fourth-order valence-corrected chi connectivity index (χ4v) is 0.678. The quantitative estimate of drug-likeness (QED) is 0.726. The second kappa shape index (κ2) is 10.9. The monoisotopic (exact) mass is 183 g/mol. The Morgan fingerprint density at radius 2 is 1.92 bits per heavy atom. The molecule has 2 N–H and O–H groups in total. The van der Waals surface area contributed by atoms with Gasteiger partial charge in [-0.25, -0.2) is 4.68 Å². The van der Waals surface area contributed by atoms with Gasteiger partial charge in [-0.05, 0) is 27.0 Å². The lowest BCUT2D eigenvalue weighted by atomic mass is 10.5. The van der Waals surface area contributed by atoms with Crippen molar-refractivity contribution in [2.75, 3.05) is 7.05 Å². The fourth-order valence-electron chi connectivity index (χ4n) is 0.678. The predicted molar refractivity (Wildman–Crippen MR) is 59.4 cm³/mol. The number of nitrogens with zero attached hydrogens (tertiary/aromatic N) is 2. The van der Waals surface area contributed by atoms with Crippen molar-refractivity contribution in [3.8, 4) is 0 Å². The standard InChI is InChI=1S/C7H10N2.C2H6.CH5N/c1-3-6-9-7(2)4-5-8-9;2*1-2/h3-6H,1-2H3;1-2H3;2H2,1H3/b6-3-;;. The van der Waals surface area contributed by atoms with E-state index in [9.17, 15) is 0 Å². The minimum atomic E-state index is 1.16. The number of aryl methyl sites for hydroxylation is 1. The first kappa shape index (κ1) is 14.4. The fraction of sp³-hybridized carbons (Fsp3) is 0.500. The van der Waals surface area contributed by atoms with Gasteiger partial charge >= 0.3 is 0 Å². The number of hydrogen-bond acceptors (Lipinski definition) is 2. The van der Waals surface area contributed by atoms with Crippen molar-refractivity contribution in [1.82, 2.24) is 9.78 Å². The Labute approximate surface area is 81.3 Å². The largest absolute Gasteiger partial charge is 0.333 e. The maximum absolute atomic E-state index is 4.50. The molecule has 1 rings (SSSR count). The normalized spacial score (nSPS) is 8.46. The van der Waals surface area contributed by atoms with Crippen LogP contribution in [0.5, 0.6) is 0 Å². The third-order valence-corrected chi connectivity index (χ3v) is 1.16. The Morgan fingerprint density at radius 3 is 2.23 bits per heavy atom. The van der Waals surface area contributed by atoms with E-state index >= 15 is 0 Å². The molecular formula is C10H21N3. The van der Waals surface area contributed by atoms with Crippen LogP contribution in [0.3, 0.4) is 0 Å². The number of rotatable bonds is 1. The highest BCUT2D eigenvalue weighted by Crippen LogP contribution is 1.94. The molecule has 0 aromatic carbocycles. The molecule has 0 radical (unpaired) electrons. The first-order chi connectivity index (χ1) is 6.34. The van der Waals surface area contributed by atoms with Crippen LogP contribution in [0.4, 0.5) is 0 Å². The summed E-state index contributed by atoms with van der Waals surface area (Å²) in [5.41, 5.74) is 5.66. The van der Waals surface area contributed by atoms with Gasteiger partial charge in [0, 0.05) is 18.1 Å². The summed E-state index contributed by atoms with van der Waals surface area (Å²) in [6.07, 6.45) is 5.67. The van der Waals surface area contributed by atoms with Crippen molar-refractivity contribution in [2.24, 2.45) is 5.73 Å². The van der Waals surface area contributed by atoms with Crippen molar-refractivity contribution >= 4 is 6.20 Å². The van der Waals surface area contributed by atoms with Gasteiger partial charge in [0.05, 0.1) is 0 Å². The van der Waals surface area contributed by atoms with Crippen LogP contribution in [0.1, 0.15) is 26.5 Å². The summed E-state index contributed by atoms with van der Waals surface area (Å²) in [7, 11) is 1.50. The van der Waals surface area contributed by atoms with Gasteiger partial charge in [0.25, 0.3) is 0 Å². The summed E-state index contributed by atoms with van der Waals surface area (Å²) >= 11 is 0. The Bertz CT molecular complexity index is 214. The second-order valence-corrected chi connectivity index (χ2v) is 1.90. The highest BCUT2D eigenvalue weighted by Gasteiger charge is 1.87. The average molecular weight is 183 g/mol. The van der Waals surface area contributed by atoms with Gasteiger partial charge in [-0.3, -0.25) is 0 Å². The number of allylic oxidation sites excluding steroid dienone is 1. The van der Waals surface area contributed by atoms with Gasteiger partial charge in [0.2, 0.25) is 0 Å². The molecule has 0 atom stereocenters. The zero-order valence-electron chi connectivity index (χ0n) is 9.28. The molecule has 0 aliphatic heterocycles. The van der Waals surface area contributed by atoms with Gasteiger partial charge in [-0.15, -0.1) is 0 Å². The van der Waals surface area contributed by atoms with Crippen LogP contribution >= 0.6 is 0 Å². The Kier molecular flexibility index (Phi) is 12.1. The van der Waals surface area contributed by atoms with E-state index in [2.05, 4.69) is 10.8 Å². The lowest BCUT2D eigenvalue weighted by Gasteiger charge is -1.91. The van der Waals surface area contributed by atoms with Crippen LogP contribution in [0.25, 0.3) is 6.20 Å². The molecule has 0 unspecified atom stereocenters. The molecule has 0 bridgehead atoms. The third-order valence-electron chi connectivity index (χ3n) is 1.16. The molecule has 3 nitrogen and oxygen atoms in total. The maximum atomic E-state index is 4.50. The highest BCUT2D eigenvalue weighted by molar-refractivity contribution is 5.22. The van der Waals surface area contributed by atoms with Gasteiger partial charge in [0.15, 0.2) is 0 Å². The molecule has 1 heterocycles. The van der Waals surface area contributed by atoms with E-state index in [0.29, 0.717) is 0 Å². The minimum absolute atomic E-state index is 1.16. The maximum Gasteiger partial charge on any atom is 0.0496 e.